The van der Waals surface area contributed by atoms with Crippen LogP contribution in [0.5, 0.6) is 0 Å². The number of hydrogen-bond acceptors (Lipinski definition) is 4. The number of anilines is 1. The predicted octanol–water partition coefficient (Wildman–Crippen LogP) is 3.47. The molecule has 5 heteroatoms. The van der Waals surface area contributed by atoms with E-state index in [4.69, 9.17) is 0 Å². The molecule has 0 saturated heterocycles. The molecule has 1 aromatic heterocycles. The van der Waals surface area contributed by atoms with Gasteiger partial charge < -0.3 is 10.6 Å². The topological polar surface area (TPSA) is 41.1 Å². The van der Waals surface area contributed by atoms with Crippen LogP contribution in [-0.2, 0) is 11.3 Å². The number of carbonyl (C=O) groups is 1. The predicted molar refractivity (Wildman–Crippen MR) is 85.0 cm³/mol. The van der Waals surface area contributed by atoms with Crippen molar-refractivity contribution in [2.75, 3.05) is 18.1 Å². The van der Waals surface area contributed by atoms with Crippen molar-refractivity contribution in [1.29, 1.82) is 0 Å². The van der Waals surface area contributed by atoms with E-state index >= 15 is 0 Å². The SMILES string of the molecule is CSC1(CNCc2sccc2NC(C)=O)CCCC1. The Morgan fingerprint density at radius 3 is 2.84 bits per heavy atom. The van der Waals surface area contributed by atoms with Gasteiger partial charge in [-0.05, 0) is 30.5 Å². The van der Waals surface area contributed by atoms with E-state index in [-0.39, 0.29) is 5.91 Å². The molecule has 106 valence electrons. The van der Waals surface area contributed by atoms with Crippen LogP contribution in [0.25, 0.3) is 0 Å². The van der Waals surface area contributed by atoms with Gasteiger partial charge >= 0.3 is 0 Å². The minimum absolute atomic E-state index is 0.00368. The summed E-state index contributed by atoms with van der Waals surface area (Å²) in [6.45, 7) is 3.46. The zero-order valence-electron chi connectivity index (χ0n) is 11.6. The number of carbonyl (C=O) groups excluding carboxylic acids is 1. The maximum absolute atomic E-state index is 11.1. The quantitative estimate of drug-likeness (QED) is 0.845. The zero-order chi connectivity index (χ0) is 13.7. The lowest BCUT2D eigenvalue weighted by Crippen LogP contribution is -2.34. The molecule has 2 N–H and O–H groups in total. The van der Waals surface area contributed by atoms with Crippen molar-refractivity contribution < 1.29 is 4.79 Å². The van der Waals surface area contributed by atoms with E-state index < -0.39 is 0 Å². The van der Waals surface area contributed by atoms with Gasteiger partial charge in [-0.1, -0.05) is 12.8 Å². The third-order valence-corrected chi connectivity index (χ3v) is 6.08. The van der Waals surface area contributed by atoms with Crippen molar-refractivity contribution in [2.45, 2.75) is 43.9 Å². The zero-order valence-corrected chi connectivity index (χ0v) is 13.3. The van der Waals surface area contributed by atoms with Gasteiger partial charge in [0.25, 0.3) is 0 Å². The average Bonchev–Trinajstić information content (AvgIpc) is 3.00. The first-order chi connectivity index (χ1) is 9.15. The molecule has 1 aliphatic carbocycles. The highest BCUT2D eigenvalue weighted by Gasteiger charge is 2.32. The fourth-order valence-electron chi connectivity index (χ4n) is 2.65. The lowest BCUT2D eigenvalue weighted by atomic mass is 10.1. The Bertz CT molecular complexity index is 425. The van der Waals surface area contributed by atoms with Gasteiger partial charge in [0, 0.05) is 29.6 Å². The summed E-state index contributed by atoms with van der Waals surface area (Å²) in [5.41, 5.74) is 0.953. The van der Waals surface area contributed by atoms with E-state index in [1.165, 1.54) is 30.6 Å². The van der Waals surface area contributed by atoms with Crippen molar-refractivity contribution in [2.24, 2.45) is 0 Å². The number of rotatable bonds is 6. The molecule has 1 aromatic rings. The van der Waals surface area contributed by atoms with Gasteiger partial charge in [-0.3, -0.25) is 4.79 Å². The highest BCUT2D eigenvalue weighted by atomic mass is 32.2. The lowest BCUT2D eigenvalue weighted by Gasteiger charge is -2.27. The second-order valence-electron chi connectivity index (χ2n) is 5.14. The van der Waals surface area contributed by atoms with E-state index in [1.54, 1.807) is 18.3 Å². The molecule has 0 aromatic carbocycles. The molecule has 1 fully saturated rings. The molecule has 3 nitrogen and oxygen atoms in total. The fourth-order valence-corrected chi connectivity index (χ4v) is 4.40. The summed E-state index contributed by atoms with van der Waals surface area (Å²) in [5.74, 6) is -0.00368. The second-order valence-corrected chi connectivity index (χ2v) is 7.41. The highest BCUT2D eigenvalue weighted by Crippen LogP contribution is 2.39. The van der Waals surface area contributed by atoms with E-state index in [2.05, 4.69) is 16.9 Å². The van der Waals surface area contributed by atoms with Gasteiger partial charge in [0.1, 0.15) is 0 Å². The van der Waals surface area contributed by atoms with Gasteiger partial charge in [0.05, 0.1) is 5.69 Å². The van der Waals surface area contributed by atoms with Gasteiger partial charge in [-0.15, -0.1) is 11.3 Å². The van der Waals surface area contributed by atoms with Crippen molar-refractivity contribution in [3.05, 3.63) is 16.3 Å². The molecule has 0 aliphatic heterocycles. The first-order valence-corrected chi connectivity index (χ1v) is 8.85. The minimum Gasteiger partial charge on any atom is -0.325 e. The Morgan fingerprint density at radius 2 is 2.21 bits per heavy atom. The Labute approximate surface area is 123 Å². The monoisotopic (exact) mass is 298 g/mol. The Balaban J connectivity index is 1.85. The summed E-state index contributed by atoms with van der Waals surface area (Å²) in [6, 6.07) is 1.98. The number of thioether (sulfide) groups is 1. The summed E-state index contributed by atoms with van der Waals surface area (Å²) in [4.78, 5) is 12.3. The smallest absolute Gasteiger partial charge is 0.221 e. The molecule has 2 rings (SSSR count). The van der Waals surface area contributed by atoms with Crippen LogP contribution in [0, 0.1) is 0 Å². The number of amides is 1. The molecule has 0 radical (unpaired) electrons. The summed E-state index contributed by atoms with van der Waals surface area (Å²) in [6.07, 6.45) is 7.59. The molecular weight excluding hydrogens is 276 g/mol. The van der Waals surface area contributed by atoms with E-state index in [1.807, 2.05) is 23.2 Å². The molecule has 0 spiro atoms. The van der Waals surface area contributed by atoms with Crippen LogP contribution >= 0.6 is 23.1 Å². The summed E-state index contributed by atoms with van der Waals surface area (Å²) >= 11 is 3.70. The van der Waals surface area contributed by atoms with Crippen LogP contribution in [0.3, 0.4) is 0 Å². The normalized spacial score (nSPS) is 17.6. The first kappa shape index (κ1) is 14.9. The van der Waals surface area contributed by atoms with E-state index in [0.717, 1.165) is 18.8 Å². The molecule has 0 unspecified atom stereocenters. The largest absolute Gasteiger partial charge is 0.325 e. The van der Waals surface area contributed by atoms with Crippen molar-refractivity contribution >= 4 is 34.7 Å². The average molecular weight is 298 g/mol. The fraction of sp³-hybridized carbons (Fsp3) is 0.643. The van der Waals surface area contributed by atoms with Crippen LogP contribution in [0.4, 0.5) is 5.69 Å². The second kappa shape index (κ2) is 6.77. The minimum atomic E-state index is -0.00368. The van der Waals surface area contributed by atoms with Crippen LogP contribution in [0.1, 0.15) is 37.5 Å². The third kappa shape index (κ3) is 3.97. The lowest BCUT2D eigenvalue weighted by molar-refractivity contribution is -0.114. The first-order valence-electron chi connectivity index (χ1n) is 6.75. The van der Waals surface area contributed by atoms with Gasteiger partial charge in [-0.2, -0.15) is 11.8 Å². The highest BCUT2D eigenvalue weighted by molar-refractivity contribution is 8.00. The summed E-state index contributed by atoms with van der Waals surface area (Å²) < 4.78 is 0.436. The summed E-state index contributed by atoms with van der Waals surface area (Å²) in [5, 5.41) is 8.48. The van der Waals surface area contributed by atoms with Crippen LogP contribution in [-0.4, -0.2) is 23.5 Å². The van der Waals surface area contributed by atoms with E-state index in [0.29, 0.717) is 4.75 Å². The summed E-state index contributed by atoms with van der Waals surface area (Å²) in [7, 11) is 0. The molecule has 1 saturated carbocycles. The van der Waals surface area contributed by atoms with Crippen LogP contribution in [0.15, 0.2) is 11.4 Å². The van der Waals surface area contributed by atoms with Crippen molar-refractivity contribution in [3.63, 3.8) is 0 Å². The standard InChI is InChI=1S/C14H22N2OS2/c1-11(17)16-12-5-8-19-13(12)9-15-10-14(18-2)6-3-4-7-14/h5,8,15H,3-4,6-7,9-10H2,1-2H3,(H,16,17). The molecule has 1 aliphatic rings. The third-order valence-electron chi connectivity index (χ3n) is 3.74. The molecule has 0 bridgehead atoms. The van der Waals surface area contributed by atoms with Crippen molar-refractivity contribution in [1.82, 2.24) is 5.32 Å². The Morgan fingerprint density at radius 1 is 1.47 bits per heavy atom. The molecular formula is C14H22N2OS2. The molecule has 0 atom stereocenters. The van der Waals surface area contributed by atoms with Gasteiger partial charge in [0.2, 0.25) is 5.91 Å². The maximum Gasteiger partial charge on any atom is 0.221 e. The van der Waals surface area contributed by atoms with E-state index in [9.17, 15) is 4.79 Å². The van der Waals surface area contributed by atoms with Crippen LogP contribution < -0.4 is 10.6 Å². The Kier molecular flexibility index (Phi) is 5.30. The molecule has 1 heterocycles. The molecule has 1 amide bonds. The maximum atomic E-state index is 11.1. The molecule has 19 heavy (non-hydrogen) atoms. The van der Waals surface area contributed by atoms with Crippen molar-refractivity contribution in [3.8, 4) is 0 Å². The number of thiophene rings is 1. The Hall–Kier alpha value is -0.520. The van der Waals surface area contributed by atoms with Gasteiger partial charge in [-0.25, -0.2) is 0 Å². The number of nitrogens with one attached hydrogen (secondary N) is 2. The van der Waals surface area contributed by atoms with Gasteiger partial charge in [0.15, 0.2) is 0 Å². The van der Waals surface area contributed by atoms with Crippen LogP contribution in [0.2, 0.25) is 0 Å². The number of hydrogen-bond donors (Lipinski definition) is 2.